The molecule has 162 valence electrons. The van der Waals surface area contributed by atoms with Gasteiger partial charge in [-0.2, -0.15) is 0 Å². The minimum absolute atomic E-state index is 0.0201. The lowest BCUT2D eigenvalue weighted by atomic mass is 9.54. The number of likely N-dealkylation sites (tertiary alicyclic amines) is 1. The van der Waals surface area contributed by atoms with Crippen molar-refractivity contribution in [2.75, 3.05) is 19.7 Å². The fraction of sp³-hybridized carbons (Fsp3) is 0.667. The Bertz CT molecular complexity index is 760. The van der Waals surface area contributed by atoms with Crippen molar-refractivity contribution in [2.24, 2.45) is 29.6 Å². The van der Waals surface area contributed by atoms with Gasteiger partial charge in [0.05, 0.1) is 0 Å². The molecule has 4 aliphatic carbocycles. The van der Waals surface area contributed by atoms with Gasteiger partial charge in [-0.25, -0.2) is 0 Å². The smallest absolute Gasteiger partial charge is 0.260 e. The quantitative estimate of drug-likeness (QED) is 0.770. The molecule has 0 radical (unpaired) electrons. The third kappa shape index (κ3) is 4.18. The molecule has 1 aliphatic heterocycles. The second-order valence-corrected chi connectivity index (χ2v) is 10.3. The molecule has 30 heavy (non-hydrogen) atoms. The zero-order chi connectivity index (χ0) is 20.7. The van der Waals surface area contributed by atoms with E-state index in [9.17, 15) is 9.59 Å². The van der Waals surface area contributed by atoms with E-state index in [4.69, 9.17) is 16.3 Å². The SMILES string of the molecule is O=C(NC1C2CC3CC(C2)CC1C3)C1CCN(C(=O)COc2ccc(Cl)cc2)CC1. The molecule has 4 saturated carbocycles. The number of hydrogen-bond donors (Lipinski definition) is 1. The van der Waals surface area contributed by atoms with Gasteiger partial charge in [-0.3, -0.25) is 9.59 Å². The third-order valence-corrected chi connectivity index (χ3v) is 8.18. The van der Waals surface area contributed by atoms with Gasteiger partial charge in [0.15, 0.2) is 6.61 Å². The third-order valence-electron chi connectivity index (χ3n) is 7.93. The fourth-order valence-electron chi connectivity index (χ4n) is 6.60. The molecule has 5 fully saturated rings. The van der Waals surface area contributed by atoms with Crippen LogP contribution in [-0.2, 0) is 9.59 Å². The van der Waals surface area contributed by atoms with E-state index >= 15 is 0 Å². The van der Waals surface area contributed by atoms with E-state index in [0.29, 0.717) is 41.7 Å². The lowest BCUT2D eigenvalue weighted by Crippen LogP contribution is -2.57. The Balaban J connectivity index is 1.08. The van der Waals surface area contributed by atoms with Crippen LogP contribution < -0.4 is 10.1 Å². The number of rotatable bonds is 5. The summed E-state index contributed by atoms with van der Waals surface area (Å²) in [5.74, 6) is 4.12. The summed E-state index contributed by atoms with van der Waals surface area (Å²) in [5, 5.41) is 4.09. The van der Waals surface area contributed by atoms with Crippen LogP contribution in [0.25, 0.3) is 0 Å². The minimum atomic E-state index is -0.0233. The van der Waals surface area contributed by atoms with Crippen molar-refractivity contribution in [3.63, 3.8) is 0 Å². The van der Waals surface area contributed by atoms with E-state index in [-0.39, 0.29) is 24.3 Å². The topological polar surface area (TPSA) is 58.6 Å². The highest BCUT2D eigenvalue weighted by Crippen LogP contribution is 2.53. The van der Waals surface area contributed by atoms with Crippen LogP contribution in [0, 0.1) is 29.6 Å². The number of benzene rings is 1. The van der Waals surface area contributed by atoms with Gasteiger partial charge in [-0.15, -0.1) is 0 Å². The van der Waals surface area contributed by atoms with Crippen LogP contribution in [0.2, 0.25) is 5.02 Å². The summed E-state index contributed by atoms with van der Waals surface area (Å²) in [4.78, 5) is 27.3. The Kier molecular flexibility index (Phi) is 5.65. The Hall–Kier alpha value is -1.75. The number of piperidine rings is 1. The molecular formula is C24H31ClN2O3. The van der Waals surface area contributed by atoms with Crippen molar-refractivity contribution in [1.82, 2.24) is 10.2 Å². The van der Waals surface area contributed by atoms with Gasteiger partial charge in [-0.1, -0.05) is 11.6 Å². The van der Waals surface area contributed by atoms with Gasteiger partial charge in [0.2, 0.25) is 5.91 Å². The molecule has 5 nitrogen and oxygen atoms in total. The number of nitrogens with zero attached hydrogens (tertiary/aromatic N) is 1. The number of hydrogen-bond acceptors (Lipinski definition) is 3. The Morgan fingerprint density at radius 2 is 1.57 bits per heavy atom. The molecule has 6 heteroatoms. The first-order chi connectivity index (χ1) is 14.5. The molecule has 5 aliphatic rings. The molecular weight excluding hydrogens is 400 g/mol. The van der Waals surface area contributed by atoms with Crippen molar-refractivity contribution < 1.29 is 14.3 Å². The van der Waals surface area contributed by atoms with E-state index in [0.717, 1.165) is 24.7 Å². The van der Waals surface area contributed by atoms with Gasteiger partial charge >= 0.3 is 0 Å². The summed E-state index contributed by atoms with van der Waals surface area (Å²) in [5.41, 5.74) is 0. The second-order valence-electron chi connectivity index (χ2n) is 9.86. The number of carbonyl (C=O) groups is 2. The van der Waals surface area contributed by atoms with E-state index in [1.54, 1.807) is 24.3 Å². The normalized spacial score (nSPS) is 32.8. The number of carbonyl (C=O) groups excluding carboxylic acids is 2. The summed E-state index contributed by atoms with van der Waals surface area (Å²) in [6.45, 7) is 1.28. The van der Waals surface area contributed by atoms with Gasteiger partial charge < -0.3 is 15.0 Å². The number of amides is 2. The molecule has 1 aromatic rings. The first-order valence-corrected chi connectivity index (χ1v) is 11.9. The first-order valence-electron chi connectivity index (χ1n) is 11.5. The summed E-state index contributed by atoms with van der Waals surface area (Å²) in [7, 11) is 0. The summed E-state index contributed by atoms with van der Waals surface area (Å²) in [6.07, 6.45) is 8.19. The maximum Gasteiger partial charge on any atom is 0.260 e. The van der Waals surface area contributed by atoms with Gasteiger partial charge in [0.1, 0.15) is 5.75 Å². The Morgan fingerprint density at radius 3 is 2.17 bits per heavy atom. The summed E-state index contributed by atoms with van der Waals surface area (Å²) < 4.78 is 5.58. The molecule has 0 aromatic heterocycles. The fourth-order valence-corrected chi connectivity index (χ4v) is 6.73. The van der Waals surface area contributed by atoms with Crippen molar-refractivity contribution in [3.8, 4) is 5.75 Å². The van der Waals surface area contributed by atoms with Crippen LogP contribution in [0.5, 0.6) is 5.75 Å². The molecule has 0 spiro atoms. The van der Waals surface area contributed by atoms with Gasteiger partial charge in [0.25, 0.3) is 5.91 Å². The Labute approximate surface area is 183 Å². The average molecular weight is 431 g/mol. The summed E-state index contributed by atoms with van der Waals surface area (Å²) >= 11 is 5.87. The highest BCUT2D eigenvalue weighted by molar-refractivity contribution is 6.30. The molecule has 4 bridgehead atoms. The lowest BCUT2D eigenvalue weighted by Gasteiger charge is -2.54. The molecule has 1 aromatic carbocycles. The largest absolute Gasteiger partial charge is 0.484 e. The monoisotopic (exact) mass is 430 g/mol. The van der Waals surface area contributed by atoms with Crippen molar-refractivity contribution in [2.45, 2.75) is 51.0 Å². The lowest BCUT2D eigenvalue weighted by molar-refractivity contribution is -0.138. The van der Waals surface area contributed by atoms with Crippen LogP contribution in [-0.4, -0.2) is 42.5 Å². The number of ether oxygens (including phenoxy) is 1. The van der Waals surface area contributed by atoms with Crippen LogP contribution in [0.4, 0.5) is 0 Å². The number of halogens is 1. The van der Waals surface area contributed by atoms with Crippen molar-refractivity contribution in [1.29, 1.82) is 0 Å². The maximum atomic E-state index is 13.0. The average Bonchev–Trinajstić information content (AvgIpc) is 2.75. The van der Waals surface area contributed by atoms with E-state index < -0.39 is 0 Å². The van der Waals surface area contributed by atoms with Gasteiger partial charge in [0, 0.05) is 30.1 Å². The van der Waals surface area contributed by atoms with Crippen molar-refractivity contribution in [3.05, 3.63) is 29.3 Å². The van der Waals surface area contributed by atoms with Crippen LogP contribution >= 0.6 is 11.6 Å². The first kappa shape index (κ1) is 20.2. The molecule has 1 saturated heterocycles. The molecule has 0 atom stereocenters. The van der Waals surface area contributed by atoms with E-state index in [1.807, 2.05) is 4.90 Å². The van der Waals surface area contributed by atoms with Crippen molar-refractivity contribution >= 4 is 23.4 Å². The zero-order valence-corrected chi connectivity index (χ0v) is 18.2. The van der Waals surface area contributed by atoms with Crippen LogP contribution in [0.1, 0.15) is 44.9 Å². The molecule has 2 amide bonds. The zero-order valence-electron chi connectivity index (χ0n) is 17.4. The van der Waals surface area contributed by atoms with Gasteiger partial charge in [-0.05, 0) is 92.9 Å². The highest BCUT2D eigenvalue weighted by Gasteiger charge is 2.49. The highest BCUT2D eigenvalue weighted by atomic mass is 35.5. The molecule has 1 N–H and O–H groups in total. The number of nitrogens with one attached hydrogen (secondary N) is 1. The summed E-state index contributed by atoms with van der Waals surface area (Å²) in [6, 6.07) is 7.41. The van der Waals surface area contributed by atoms with E-state index in [2.05, 4.69) is 5.32 Å². The minimum Gasteiger partial charge on any atom is -0.484 e. The Morgan fingerprint density at radius 1 is 0.967 bits per heavy atom. The predicted octanol–water partition coefficient (Wildman–Crippen LogP) is 3.90. The standard InChI is InChI=1S/C24H31ClN2O3/c25-20-1-3-21(4-2-20)30-14-22(28)27-7-5-17(6-8-27)24(29)26-23-18-10-15-9-16(12-18)13-19(23)11-15/h1-4,15-19,23H,5-14H2,(H,26,29). The van der Waals surface area contributed by atoms with Crippen LogP contribution in [0.3, 0.4) is 0 Å². The molecule has 0 unspecified atom stereocenters. The predicted molar refractivity (Wildman–Crippen MR) is 115 cm³/mol. The second kappa shape index (κ2) is 8.41. The molecule has 1 heterocycles. The molecule has 6 rings (SSSR count). The van der Waals surface area contributed by atoms with E-state index in [1.165, 1.54) is 32.1 Å². The van der Waals surface area contributed by atoms with Crippen LogP contribution in [0.15, 0.2) is 24.3 Å². The maximum absolute atomic E-state index is 13.0.